The van der Waals surface area contributed by atoms with Gasteiger partial charge in [0, 0.05) is 6.54 Å². The molecule has 2 fully saturated rings. The van der Waals surface area contributed by atoms with Crippen molar-refractivity contribution in [1.82, 2.24) is 4.90 Å². The number of hydrogen-bond acceptors (Lipinski definition) is 4. The zero-order valence-electron chi connectivity index (χ0n) is 12.2. The first kappa shape index (κ1) is 14.6. The summed E-state index contributed by atoms with van der Waals surface area (Å²) in [6.07, 6.45) is 3.24. The van der Waals surface area contributed by atoms with E-state index in [1.807, 2.05) is 25.7 Å². The van der Waals surface area contributed by atoms with E-state index in [1.165, 1.54) is 0 Å². The van der Waals surface area contributed by atoms with E-state index < -0.39 is 5.60 Å². The number of hydrogen-bond donors (Lipinski definition) is 0. The molecule has 2 aliphatic heterocycles. The van der Waals surface area contributed by atoms with Gasteiger partial charge in [-0.2, -0.15) is 0 Å². The van der Waals surface area contributed by atoms with Gasteiger partial charge in [0.25, 0.3) is 0 Å². The van der Waals surface area contributed by atoms with Crippen LogP contribution in [0.3, 0.4) is 0 Å². The van der Waals surface area contributed by atoms with Gasteiger partial charge >= 0.3 is 6.09 Å². The van der Waals surface area contributed by atoms with Crippen LogP contribution in [0.15, 0.2) is 0 Å². The minimum atomic E-state index is -0.443. The fourth-order valence-electron chi connectivity index (χ4n) is 2.23. The van der Waals surface area contributed by atoms with Gasteiger partial charge < -0.3 is 19.1 Å². The molecule has 0 radical (unpaired) electrons. The van der Waals surface area contributed by atoms with Crippen molar-refractivity contribution in [2.24, 2.45) is 0 Å². The summed E-state index contributed by atoms with van der Waals surface area (Å²) in [5, 5.41) is 0. The molecule has 110 valence electrons. The summed E-state index contributed by atoms with van der Waals surface area (Å²) >= 11 is 0. The van der Waals surface area contributed by atoms with Crippen LogP contribution < -0.4 is 0 Å². The minimum Gasteiger partial charge on any atom is -0.444 e. The van der Waals surface area contributed by atoms with Gasteiger partial charge in [-0.25, -0.2) is 4.79 Å². The molecule has 19 heavy (non-hydrogen) atoms. The molecule has 2 atom stereocenters. The maximum atomic E-state index is 12.2. The third-order valence-corrected chi connectivity index (χ3v) is 3.27. The second kappa shape index (κ2) is 6.09. The molecule has 2 unspecified atom stereocenters. The van der Waals surface area contributed by atoms with Crippen molar-refractivity contribution in [2.45, 2.75) is 57.8 Å². The molecule has 0 saturated carbocycles. The smallest absolute Gasteiger partial charge is 0.410 e. The number of carbonyl (C=O) groups is 1. The highest BCUT2D eigenvalue weighted by atomic mass is 16.6. The van der Waals surface area contributed by atoms with Crippen molar-refractivity contribution in [3.8, 4) is 0 Å². The zero-order chi connectivity index (χ0) is 13.9. The van der Waals surface area contributed by atoms with Crippen molar-refractivity contribution >= 4 is 6.09 Å². The second-order valence-electron chi connectivity index (χ2n) is 6.32. The van der Waals surface area contributed by atoms with Gasteiger partial charge in [0.2, 0.25) is 0 Å². The summed E-state index contributed by atoms with van der Waals surface area (Å²) in [4.78, 5) is 14.0. The van der Waals surface area contributed by atoms with Gasteiger partial charge in [-0.3, -0.25) is 0 Å². The average Bonchev–Trinajstić information content (AvgIpc) is 3.11. The molecular weight excluding hydrogens is 246 g/mol. The molecule has 1 amide bonds. The summed E-state index contributed by atoms with van der Waals surface area (Å²) in [6, 6.07) is 0.141. The lowest BCUT2D eigenvalue weighted by Crippen LogP contribution is -2.48. The van der Waals surface area contributed by atoms with Gasteiger partial charge in [0.1, 0.15) is 11.7 Å². The number of ether oxygens (including phenoxy) is 3. The highest BCUT2D eigenvalue weighted by Gasteiger charge is 2.31. The number of carbonyl (C=O) groups excluding carboxylic acids is 1. The van der Waals surface area contributed by atoms with Crippen LogP contribution in [-0.4, -0.2) is 55.1 Å². The third kappa shape index (κ3) is 4.99. The van der Waals surface area contributed by atoms with E-state index in [4.69, 9.17) is 14.2 Å². The Morgan fingerprint density at radius 1 is 1.32 bits per heavy atom. The Kier molecular flexibility index (Phi) is 4.68. The zero-order valence-corrected chi connectivity index (χ0v) is 12.2. The maximum absolute atomic E-state index is 12.2. The molecule has 2 rings (SSSR count). The Morgan fingerprint density at radius 3 is 2.68 bits per heavy atom. The number of nitrogens with zero attached hydrogens (tertiary/aromatic N) is 1. The first-order chi connectivity index (χ1) is 8.96. The van der Waals surface area contributed by atoms with Crippen molar-refractivity contribution in [2.75, 3.05) is 26.4 Å². The fourth-order valence-corrected chi connectivity index (χ4v) is 2.23. The lowest BCUT2D eigenvalue weighted by molar-refractivity contribution is -0.00905. The molecule has 0 aliphatic carbocycles. The molecule has 0 aromatic carbocycles. The summed E-state index contributed by atoms with van der Waals surface area (Å²) in [5.74, 6) is 0. The van der Waals surface area contributed by atoms with E-state index in [2.05, 4.69) is 0 Å². The quantitative estimate of drug-likeness (QED) is 0.735. The van der Waals surface area contributed by atoms with Crippen molar-refractivity contribution in [3.05, 3.63) is 0 Å². The molecule has 0 bridgehead atoms. The predicted molar refractivity (Wildman–Crippen MR) is 71.1 cm³/mol. The molecule has 2 saturated heterocycles. The molecule has 5 nitrogen and oxygen atoms in total. The van der Waals surface area contributed by atoms with Gasteiger partial charge in [0.05, 0.1) is 25.9 Å². The van der Waals surface area contributed by atoms with Crippen molar-refractivity contribution in [3.63, 3.8) is 0 Å². The highest BCUT2D eigenvalue weighted by molar-refractivity contribution is 5.68. The largest absolute Gasteiger partial charge is 0.444 e. The van der Waals surface area contributed by atoms with Crippen LogP contribution in [-0.2, 0) is 14.2 Å². The van der Waals surface area contributed by atoms with Gasteiger partial charge in [0.15, 0.2) is 0 Å². The normalized spacial score (nSPS) is 27.2. The van der Waals surface area contributed by atoms with E-state index in [0.717, 1.165) is 32.4 Å². The molecule has 5 heteroatoms. The molecule has 2 heterocycles. The second-order valence-corrected chi connectivity index (χ2v) is 6.32. The standard InChI is InChI=1S/C14H25NO4/c1-14(2,3)19-13(16)15-7-5-4-6-11(15)8-17-9-12-10-18-12/h11-12H,4-10H2,1-3H3. The third-order valence-electron chi connectivity index (χ3n) is 3.27. The van der Waals surface area contributed by atoms with E-state index in [0.29, 0.717) is 13.2 Å². The van der Waals surface area contributed by atoms with Crippen LogP contribution in [0.25, 0.3) is 0 Å². The van der Waals surface area contributed by atoms with Crippen LogP contribution in [0.4, 0.5) is 4.79 Å². The Hall–Kier alpha value is -0.810. The Balaban J connectivity index is 1.81. The van der Waals surface area contributed by atoms with E-state index in [1.54, 1.807) is 0 Å². The van der Waals surface area contributed by atoms with E-state index in [-0.39, 0.29) is 18.2 Å². The molecule has 0 aromatic heterocycles. The summed E-state index contributed by atoms with van der Waals surface area (Å²) < 4.78 is 16.2. The minimum absolute atomic E-state index is 0.141. The molecular formula is C14H25NO4. The number of likely N-dealkylation sites (tertiary alicyclic amines) is 1. The van der Waals surface area contributed by atoms with Crippen LogP contribution >= 0.6 is 0 Å². The fraction of sp³-hybridized carbons (Fsp3) is 0.929. The van der Waals surface area contributed by atoms with Crippen LogP contribution in [0.5, 0.6) is 0 Å². The first-order valence-corrected chi connectivity index (χ1v) is 7.15. The van der Waals surface area contributed by atoms with Gasteiger partial charge in [-0.1, -0.05) is 0 Å². The highest BCUT2D eigenvalue weighted by Crippen LogP contribution is 2.21. The number of piperidine rings is 1. The van der Waals surface area contributed by atoms with Crippen LogP contribution in [0, 0.1) is 0 Å². The van der Waals surface area contributed by atoms with Crippen LogP contribution in [0.1, 0.15) is 40.0 Å². The number of rotatable bonds is 4. The van der Waals surface area contributed by atoms with E-state index >= 15 is 0 Å². The molecule has 0 N–H and O–H groups in total. The lowest BCUT2D eigenvalue weighted by atomic mass is 10.0. The molecule has 0 aromatic rings. The first-order valence-electron chi connectivity index (χ1n) is 7.15. The molecule has 0 spiro atoms. The number of amides is 1. The monoisotopic (exact) mass is 271 g/mol. The predicted octanol–water partition coefficient (Wildman–Crippen LogP) is 2.19. The summed E-state index contributed by atoms with van der Waals surface area (Å²) in [6.45, 7) is 8.47. The van der Waals surface area contributed by atoms with Gasteiger partial charge in [-0.05, 0) is 40.0 Å². The Labute approximate surface area is 115 Å². The molecule has 2 aliphatic rings. The summed E-state index contributed by atoms with van der Waals surface area (Å²) in [7, 11) is 0. The van der Waals surface area contributed by atoms with Gasteiger partial charge in [-0.15, -0.1) is 0 Å². The van der Waals surface area contributed by atoms with E-state index in [9.17, 15) is 4.79 Å². The SMILES string of the molecule is CC(C)(C)OC(=O)N1CCCCC1COCC1CO1. The van der Waals surface area contributed by atoms with Crippen LogP contribution in [0.2, 0.25) is 0 Å². The Bertz CT molecular complexity index is 309. The summed E-state index contributed by atoms with van der Waals surface area (Å²) in [5.41, 5.74) is -0.443. The van der Waals surface area contributed by atoms with Crippen molar-refractivity contribution in [1.29, 1.82) is 0 Å². The maximum Gasteiger partial charge on any atom is 0.410 e. The van der Waals surface area contributed by atoms with Crippen molar-refractivity contribution < 1.29 is 19.0 Å². The average molecular weight is 271 g/mol. The Morgan fingerprint density at radius 2 is 2.05 bits per heavy atom. The number of epoxide rings is 1. The topological polar surface area (TPSA) is 51.3 Å². The lowest BCUT2D eigenvalue weighted by Gasteiger charge is -2.36.